The van der Waals surface area contributed by atoms with E-state index < -0.39 is 42.8 Å². The lowest BCUT2D eigenvalue weighted by Crippen LogP contribution is -2.54. The first kappa shape index (κ1) is 16.4. The standard InChI is InChI=1S/C12H17O8/c1-6(14)18-10-5-17-9(4-13)11(19-7(2)15)12(10)20-8(3)16/h9,11-13H,4-5H2,1-3H3/t9-,11-,12-/m1/s1. The molecule has 0 saturated carbocycles. The predicted octanol–water partition coefficient (Wildman–Crippen LogP) is -0.664. The van der Waals surface area contributed by atoms with E-state index in [0.29, 0.717) is 0 Å². The Morgan fingerprint density at radius 1 is 1.15 bits per heavy atom. The van der Waals surface area contributed by atoms with Gasteiger partial charge >= 0.3 is 17.9 Å². The Kier molecular flexibility index (Phi) is 5.90. The largest absolute Gasteiger partial charge is 0.456 e. The van der Waals surface area contributed by atoms with E-state index in [9.17, 15) is 19.5 Å². The smallest absolute Gasteiger partial charge is 0.303 e. The first-order chi connectivity index (χ1) is 9.35. The maximum Gasteiger partial charge on any atom is 0.303 e. The molecule has 1 saturated heterocycles. The average molecular weight is 289 g/mol. The summed E-state index contributed by atoms with van der Waals surface area (Å²) in [6.45, 7) is 2.92. The van der Waals surface area contributed by atoms with Crippen molar-refractivity contribution in [3.63, 3.8) is 0 Å². The summed E-state index contributed by atoms with van der Waals surface area (Å²) in [6.07, 6.45) is -3.04. The van der Waals surface area contributed by atoms with Crippen LogP contribution in [0.2, 0.25) is 0 Å². The third-order valence-electron chi connectivity index (χ3n) is 2.47. The second kappa shape index (κ2) is 7.20. The van der Waals surface area contributed by atoms with Gasteiger partial charge in [-0.1, -0.05) is 0 Å². The van der Waals surface area contributed by atoms with Gasteiger partial charge in [-0.05, 0) is 0 Å². The maximum absolute atomic E-state index is 11.1. The molecular formula is C12H17O8. The van der Waals surface area contributed by atoms with Crippen molar-refractivity contribution in [2.24, 2.45) is 0 Å². The highest BCUT2D eigenvalue weighted by molar-refractivity contribution is 5.69. The summed E-state index contributed by atoms with van der Waals surface area (Å²) < 4.78 is 20.2. The van der Waals surface area contributed by atoms with Crippen LogP contribution in [-0.2, 0) is 33.3 Å². The number of aliphatic hydroxyl groups is 1. The van der Waals surface area contributed by atoms with Crippen LogP contribution in [0, 0.1) is 6.10 Å². The van der Waals surface area contributed by atoms with Crippen LogP contribution in [0.15, 0.2) is 0 Å². The fourth-order valence-electron chi connectivity index (χ4n) is 1.81. The van der Waals surface area contributed by atoms with E-state index in [4.69, 9.17) is 18.9 Å². The fourth-order valence-corrected chi connectivity index (χ4v) is 1.81. The van der Waals surface area contributed by atoms with Gasteiger partial charge in [-0.15, -0.1) is 0 Å². The van der Waals surface area contributed by atoms with E-state index in [1.807, 2.05) is 0 Å². The molecule has 1 rings (SSSR count). The number of hydrogen-bond acceptors (Lipinski definition) is 8. The normalized spacial score (nSPS) is 26.7. The molecule has 0 spiro atoms. The summed E-state index contributed by atoms with van der Waals surface area (Å²) in [5.74, 6) is -1.90. The summed E-state index contributed by atoms with van der Waals surface area (Å²) in [4.78, 5) is 33.3. The van der Waals surface area contributed by atoms with Crippen LogP contribution in [0.1, 0.15) is 20.8 Å². The Hall–Kier alpha value is -1.67. The number of aliphatic hydroxyl groups excluding tert-OH is 1. The van der Waals surface area contributed by atoms with E-state index in [2.05, 4.69) is 0 Å². The van der Waals surface area contributed by atoms with Crippen LogP contribution in [0.3, 0.4) is 0 Å². The molecule has 1 radical (unpaired) electrons. The molecule has 1 aliphatic heterocycles. The average Bonchev–Trinajstić information content (AvgIpc) is 2.31. The Labute approximate surface area is 115 Å². The topological polar surface area (TPSA) is 108 Å². The van der Waals surface area contributed by atoms with Crippen molar-refractivity contribution in [1.82, 2.24) is 0 Å². The lowest BCUT2D eigenvalue weighted by atomic mass is 9.99. The van der Waals surface area contributed by atoms with Gasteiger partial charge in [0.15, 0.2) is 12.2 Å². The van der Waals surface area contributed by atoms with Crippen molar-refractivity contribution in [2.45, 2.75) is 39.1 Å². The molecule has 0 aromatic carbocycles. The summed E-state index contributed by atoms with van der Waals surface area (Å²) in [7, 11) is 0. The SMILES string of the molecule is CC(=O)O[C]1CO[C@H](CO)[C@@H](OC(C)=O)[C@@H]1OC(C)=O. The Balaban J connectivity index is 2.95. The van der Waals surface area contributed by atoms with E-state index in [-0.39, 0.29) is 12.7 Å². The maximum atomic E-state index is 11.1. The molecule has 0 aromatic rings. The Morgan fingerprint density at radius 2 is 1.75 bits per heavy atom. The van der Waals surface area contributed by atoms with Crippen LogP contribution in [-0.4, -0.2) is 54.5 Å². The van der Waals surface area contributed by atoms with Gasteiger partial charge in [0.2, 0.25) is 6.10 Å². The van der Waals surface area contributed by atoms with Crippen LogP contribution in [0.25, 0.3) is 0 Å². The summed E-state index contributed by atoms with van der Waals surface area (Å²) in [6, 6.07) is 0. The second-order valence-electron chi connectivity index (χ2n) is 4.20. The van der Waals surface area contributed by atoms with Crippen molar-refractivity contribution in [3.8, 4) is 0 Å². The van der Waals surface area contributed by atoms with Crippen molar-refractivity contribution in [2.75, 3.05) is 13.2 Å². The Morgan fingerprint density at radius 3 is 2.20 bits per heavy atom. The first-order valence-electron chi connectivity index (χ1n) is 5.96. The van der Waals surface area contributed by atoms with Crippen molar-refractivity contribution in [1.29, 1.82) is 0 Å². The van der Waals surface area contributed by atoms with Crippen LogP contribution in [0.4, 0.5) is 0 Å². The molecule has 0 unspecified atom stereocenters. The molecule has 113 valence electrons. The van der Waals surface area contributed by atoms with E-state index in [0.717, 1.165) is 0 Å². The summed E-state index contributed by atoms with van der Waals surface area (Å²) in [5, 5.41) is 9.22. The molecular weight excluding hydrogens is 272 g/mol. The summed E-state index contributed by atoms with van der Waals surface area (Å²) in [5.41, 5.74) is 0. The molecule has 1 aliphatic rings. The van der Waals surface area contributed by atoms with Gasteiger partial charge in [-0.3, -0.25) is 14.4 Å². The highest BCUT2D eigenvalue weighted by atomic mass is 16.6. The van der Waals surface area contributed by atoms with E-state index in [1.165, 1.54) is 20.8 Å². The molecule has 1 N–H and O–H groups in total. The number of hydrogen-bond donors (Lipinski definition) is 1. The zero-order chi connectivity index (χ0) is 15.3. The van der Waals surface area contributed by atoms with Gasteiger partial charge in [0, 0.05) is 20.8 Å². The number of carbonyl (C=O) groups is 3. The van der Waals surface area contributed by atoms with E-state index >= 15 is 0 Å². The van der Waals surface area contributed by atoms with Crippen LogP contribution >= 0.6 is 0 Å². The lowest BCUT2D eigenvalue weighted by molar-refractivity contribution is -0.207. The molecule has 1 fully saturated rings. The highest BCUT2D eigenvalue weighted by Crippen LogP contribution is 2.28. The zero-order valence-electron chi connectivity index (χ0n) is 11.5. The monoisotopic (exact) mass is 289 g/mol. The quantitative estimate of drug-likeness (QED) is 0.536. The third kappa shape index (κ3) is 4.46. The number of esters is 3. The van der Waals surface area contributed by atoms with Crippen LogP contribution < -0.4 is 0 Å². The van der Waals surface area contributed by atoms with E-state index in [1.54, 1.807) is 0 Å². The van der Waals surface area contributed by atoms with Crippen molar-refractivity contribution in [3.05, 3.63) is 6.10 Å². The highest BCUT2D eigenvalue weighted by Gasteiger charge is 2.47. The van der Waals surface area contributed by atoms with Gasteiger partial charge in [0.05, 0.1) is 13.2 Å². The van der Waals surface area contributed by atoms with Crippen molar-refractivity contribution < 1.29 is 38.4 Å². The van der Waals surface area contributed by atoms with Crippen LogP contribution in [0.5, 0.6) is 0 Å². The molecule has 1 heterocycles. The molecule has 20 heavy (non-hydrogen) atoms. The summed E-state index contributed by atoms with van der Waals surface area (Å²) >= 11 is 0. The lowest BCUT2D eigenvalue weighted by Gasteiger charge is -2.39. The minimum atomic E-state index is -1.11. The molecule has 3 atom stereocenters. The number of rotatable bonds is 4. The predicted molar refractivity (Wildman–Crippen MR) is 62.9 cm³/mol. The first-order valence-corrected chi connectivity index (χ1v) is 5.96. The zero-order valence-corrected chi connectivity index (χ0v) is 11.5. The number of carbonyl (C=O) groups excluding carboxylic acids is 3. The second-order valence-corrected chi connectivity index (χ2v) is 4.20. The van der Waals surface area contributed by atoms with Gasteiger partial charge in [0.1, 0.15) is 6.10 Å². The minimum absolute atomic E-state index is 0.0173. The van der Waals surface area contributed by atoms with Gasteiger partial charge in [-0.25, -0.2) is 0 Å². The fraction of sp³-hybridized carbons (Fsp3) is 0.667. The Bertz CT molecular complexity index is 380. The third-order valence-corrected chi connectivity index (χ3v) is 2.47. The molecule has 8 nitrogen and oxygen atoms in total. The molecule has 0 aliphatic carbocycles. The number of ether oxygens (including phenoxy) is 4. The molecule has 0 bridgehead atoms. The van der Waals surface area contributed by atoms with Gasteiger partial charge in [0.25, 0.3) is 0 Å². The van der Waals surface area contributed by atoms with Gasteiger partial charge in [-0.2, -0.15) is 0 Å². The molecule has 0 amide bonds. The molecule has 0 aromatic heterocycles. The van der Waals surface area contributed by atoms with Crippen molar-refractivity contribution >= 4 is 17.9 Å². The minimum Gasteiger partial charge on any atom is -0.456 e. The molecule has 8 heteroatoms. The van der Waals surface area contributed by atoms with Gasteiger partial charge < -0.3 is 24.1 Å².